The minimum absolute atomic E-state index is 0.107. The molecule has 0 saturated carbocycles. The van der Waals surface area contributed by atoms with Crippen LogP contribution in [0.15, 0.2) is 65.4 Å². The molecule has 0 aromatic heterocycles. The van der Waals surface area contributed by atoms with Gasteiger partial charge in [-0.05, 0) is 57.4 Å². The largest absolute Gasteiger partial charge is 0.508 e. The van der Waals surface area contributed by atoms with E-state index < -0.39 is 13.0 Å². The third-order valence-corrected chi connectivity index (χ3v) is 9.11. The first-order chi connectivity index (χ1) is 13.7. The molecule has 0 amide bonds. The normalized spacial score (nSPS) is 16.9. The Labute approximate surface area is 168 Å². The molecule has 1 aliphatic carbocycles. The number of phenols is 1. The number of aromatic hydroxyl groups is 1. The molecule has 0 fully saturated rings. The van der Waals surface area contributed by atoms with Crippen molar-refractivity contribution < 1.29 is 19.9 Å². The number of rotatable bonds is 3. The number of carbonyl (C=O) groups is 1. The number of benzene rings is 2. The zero-order valence-electron chi connectivity index (χ0n) is 16.0. The summed E-state index contributed by atoms with van der Waals surface area (Å²) in [4.78, 5) is 23.5. The van der Waals surface area contributed by atoms with Gasteiger partial charge in [-0.15, -0.1) is 0 Å². The molecular formula is C22H19NO5Si. The molecule has 2 N–H and O–H groups in total. The summed E-state index contributed by atoms with van der Waals surface area (Å²) in [6, 6.07) is 9.74. The van der Waals surface area contributed by atoms with Crippen LogP contribution in [0.4, 0.5) is 5.69 Å². The lowest BCUT2D eigenvalue weighted by atomic mass is 9.88. The maximum absolute atomic E-state index is 12.1. The Morgan fingerprint density at radius 1 is 1.07 bits per heavy atom. The number of hydrogen-bond donors (Lipinski definition) is 2. The number of phenolic OH excluding ortho intramolecular Hbond substituents is 1. The Hall–Kier alpha value is -3.29. The van der Waals surface area contributed by atoms with Crippen LogP contribution >= 0.6 is 0 Å². The van der Waals surface area contributed by atoms with E-state index in [-0.39, 0.29) is 23.8 Å². The Kier molecular flexibility index (Phi) is 4.36. The van der Waals surface area contributed by atoms with Crippen molar-refractivity contribution in [1.82, 2.24) is 0 Å². The lowest BCUT2D eigenvalue weighted by molar-refractivity contribution is -0.385. The van der Waals surface area contributed by atoms with Crippen LogP contribution in [0.3, 0.4) is 0 Å². The van der Waals surface area contributed by atoms with Crippen molar-refractivity contribution in [1.29, 1.82) is 0 Å². The van der Waals surface area contributed by atoms with E-state index in [1.165, 1.54) is 12.1 Å². The molecule has 29 heavy (non-hydrogen) atoms. The van der Waals surface area contributed by atoms with Crippen molar-refractivity contribution in [2.75, 3.05) is 0 Å². The van der Waals surface area contributed by atoms with Crippen LogP contribution in [0.1, 0.15) is 16.7 Å². The Balaban J connectivity index is 2.12. The summed E-state index contributed by atoms with van der Waals surface area (Å²) in [6.45, 7) is 3.91. The summed E-state index contributed by atoms with van der Waals surface area (Å²) in [5.41, 5.74) is 3.06. The molecule has 0 bridgehead atoms. The van der Waals surface area contributed by atoms with Crippen LogP contribution in [0.25, 0.3) is 5.57 Å². The van der Waals surface area contributed by atoms with E-state index in [2.05, 4.69) is 13.1 Å². The number of nitro benzene ring substituents is 1. The average Bonchev–Trinajstić information content (AvgIpc) is 2.69. The van der Waals surface area contributed by atoms with E-state index in [1.54, 1.807) is 42.5 Å². The maximum atomic E-state index is 12.1. The zero-order valence-corrected chi connectivity index (χ0v) is 17.0. The molecule has 7 heteroatoms. The van der Waals surface area contributed by atoms with Gasteiger partial charge in [-0.25, -0.2) is 0 Å². The van der Waals surface area contributed by atoms with E-state index in [0.717, 1.165) is 21.5 Å². The zero-order chi connectivity index (χ0) is 20.9. The lowest BCUT2D eigenvalue weighted by Gasteiger charge is -2.37. The van der Waals surface area contributed by atoms with Crippen LogP contribution in [-0.2, 0) is 11.4 Å². The lowest BCUT2D eigenvalue weighted by Crippen LogP contribution is -2.49. The van der Waals surface area contributed by atoms with Crippen LogP contribution in [-0.4, -0.2) is 29.0 Å². The number of carbonyl (C=O) groups excluding carboxylic acids is 1. The number of fused-ring (bicyclic) bond motifs is 2. The van der Waals surface area contributed by atoms with Crippen molar-refractivity contribution in [3.05, 3.63) is 92.2 Å². The molecule has 1 aliphatic heterocycles. The first-order valence-electron chi connectivity index (χ1n) is 9.15. The third-order valence-electron chi connectivity index (χ3n) is 5.59. The highest BCUT2D eigenvalue weighted by molar-refractivity contribution is 6.98. The number of nitrogens with zero attached hydrogens (tertiary/aromatic N) is 1. The highest BCUT2D eigenvalue weighted by Crippen LogP contribution is 2.44. The monoisotopic (exact) mass is 405 g/mol. The highest BCUT2D eigenvalue weighted by Gasteiger charge is 2.41. The molecule has 0 saturated heterocycles. The summed E-state index contributed by atoms with van der Waals surface area (Å²) < 4.78 is 0. The molecule has 0 unspecified atom stereocenters. The van der Waals surface area contributed by atoms with Crippen molar-refractivity contribution in [3.63, 3.8) is 0 Å². The van der Waals surface area contributed by atoms with E-state index >= 15 is 0 Å². The molecule has 1 heterocycles. The predicted octanol–water partition coefficient (Wildman–Crippen LogP) is 3.13. The molecule has 6 nitrogen and oxygen atoms in total. The Morgan fingerprint density at radius 2 is 1.79 bits per heavy atom. The van der Waals surface area contributed by atoms with Crippen molar-refractivity contribution >= 4 is 30.3 Å². The number of ketones is 1. The fourth-order valence-electron chi connectivity index (χ4n) is 4.14. The van der Waals surface area contributed by atoms with Crippen LogP contribution in [0.5, 0.6) is 5.75 Å². The summed E-state index contributed by atoms with van der Waals surface area (Å²) in [7, 11) is -2.32. The van der Waals surface area contributed by atoms with Gasteiger partial charge in [-0.3, -0.25) is 14.9 Å². The molecule has 0 spiro atoms. The molecule has 146 valence electrons. The fourth-order valence-corrected chi connectivity index (χ4v) is 7.21. The topological polar surface area (TPSA) is 101 Å². The molecular weight excluding hydrogens is 386 g/mol. The first-order valence-corrected chi connectivity index (χ1v) is 12.2. The van der Waals surface area contributed by atoms with Gasteiger partial charge in [0.2, 0.25) is 0 Å². The molecule has 2 aromatic carbocycles. The van der Waals surface area contributed by atoms with Gasteiger partial charge in [0.1, 0.15) is 13.8 Å². The number of nitro groups is 1. The third kappa shape index (κ3) is 2.95. The quantitative estimate of drug-likeness (QED) is 0.464. The Morgan fingerprint density at radius 3 is 2.48 bits per heavy atom. The molecule has 0 atom stereocenters. The van der Waals surface area contributed by atoms with Gasteiger partial charge < -0.3 is 10.2 Å². The van der Waals surface area contributed by atoms with Crippen molar-refractivity contribution in [2.45, 2.75) is 19.7 Å². The highest BCUT2D eigenvalue weighted by atomic mass is 28.3. The van der Waals surface area contributed by atoms with Gasteiger partial charge in [0.15, 0.2) is 5.78 Å². The number of allylic oxidation sites excluding steroid dienone is 5. The fraction of sp³-hybridized carbons (Fsp3) is 0.136. The van der Waals surface area contributed by atoms with Gasteiger partial charge in [0.25, 0.3) is 5.69 Å². The van der Waals surface area contributed by atoms with Crippen molar-refractivity contribution in [3.8, 4) is 5.75 Å². The van der Waals surface area contributed by atoms with E-state index in [1.807, 2.05) is 0 Å². The van der Waals surface area contributed by atoms with E-state index in [4.69, 9.17) is 0 Å². The van der Waals surface area contributed by atoms with Crippen LogP contribution in [0.2, 0.25) is 13.1 Å². The van der Waals surface area contributed by atoms with Gasteiger partial charge >= 0.3 is 0 Å². The van der Waals surface area contributed by atoms with Crippen LogP contribution in [0, 0.1) is 10.1 Å². The minimum Gasteiger partial charge on any atom is -0.508 e. The maximum Gasteiger partial charge on any atom is 0.277 e. The second-order valence-corrected chi connectivity index (χ2v) is 12.0. The second-order valence-electron chi connectivity index (χ2n) is 7.70. The van der Waals surface area contributed by atoms with Gasteiger partial charge in [0.05, 0.1) is 17.1 Å². The molecule has 0 radical (unpaired) electrons. The Bertz CT molecular complexity index is 1170. The van der Waals surface area contributed by atoms with Gasteiger partial charge in [-0.2, -0.15) is 0 Å². The van der Waals surface area contributed by atoms with Gasteiger partial charge in [0, 0.05) is 11.6 Å². The summed E-state index contributed by atoms with van der Waals surface area (Å²) in [6.07, 6.45) is 4.83. The molecule has 4 rings (SSSR count). The van der Waals surface area contributed by atoms with E-state index in [0.29, 0.717) is 16.7 Å². The summed E-state index contributed by atoms with van der Waals surface area (Å²) >= 11 is 0. The molecule has 2 aliphatic rings. The number of hydrogen-bond acceptors (Lipinski definition) is 5. The molecule has 2 aromatic rings. The first kappa shape index (κ1) is 19.0. The second kappa shape index (κ2) is 6.65. The summed E-state index contributed by atoms with van der Waals surface area (Å²) in [5, 5.41) is 33.1. The SMILES string of the molecule is C[Si]1(C)C2=CC(=O)C=CC2=C(c2ccc(CO)cc2[N+](=O)[O-])c2ccc(O)cc21. The average molecular weight is 405 g/mol. The van der Waals surface area contributed by atoms with Gasteiger partial charge in [-0.1, -0.05) is 31.3 Å². The van der Waals surface area contributed by atoms with Crippen molar-refractivity contribution in [2.24, 2.45) is 0 Å². The number of aliphatic hydroxyl groups is 1. The number of aliphatic hydroxyl groups excluding tert-OH is 1. The van der Waals surface area contributed by atoms with E-state index in [9.17, 15) is 25.1 Å². The van der Waals surface area contributed by atoms with Crippen LogP contribution < -0.4 is 5.19 Å². The minimum atomic E-state index is -2.32. The summed E-state index contributed by atoms with van der Waals surface area (Å²) in [5.74, 6) is 0.00735. The predicted molar refractivity (Wildman–Crippen MR) is 112 cm³/mol. The standard InChI is InChI=1S/C22H19NO5Si/c1-29(2)20-10-14(25)4-7-17(20)22(18-8-5-15(26)11-21(18)29)16-6-3-13(12-24)9-19(16)23(27)28/h3-11,24-25H,12H2,1-2H3. The smallest absolute Gasteiger partial charge is 0.277 e.